The summed E-state index contributed by atoms with van der Waals surface area (Å²) in [6.07, 6.45) is 1.70. The predicted molar refractivity (Wildman–Crippen MR) is 90.3 cm³/mol. The topological polar surface area (TPSA) is 43.2 Å². The molecule has 0 aliphatic carbocycles. The van der Waals surface area contributed by atoms with Crippen molar-refractivity contribution in [2.75, 3.05) is 19.7 Å². The molecule has 0 bridgehead atoms. The second-order valence-electron chi connectivity index (χ2n) is 6.40. The average molecular weight is 335 g/mol. The average Bonchev–Trinajstić information content (AvgIpc) is 2.94. The molecule has 1 aromatic heterocycles. The normalized spacial score (nSPS) is 19.4. The van der Waals surface area contributed by atoms with E-state index in [0.29, 0.717) is 5.92 Å². The SMILES string of the molecule is CC(C)Cn1ncnc1CN1CCOC(c2cccc(Cl)c2)C1. The van der Waals surface area contributed by atoms with Gasteiger partial charge in [0.15, 0.2) is 0 Å². The fourth-order valence-electron chi connectivity index (χ4n) is 2.86. The van der Waals surface area contributed by atoms with Crippen molar-refractivity contribution >= 4 is 11.6 Å². The summed E-state index contributed by atoms with van der Waals surface area (Å²) in [5, 5.41) is 5.09. The van der Waals surface area contributed by atoms with Gasteiger partial charge in [-0.15, -0.1) is 0 Å². The van der Waals surface area contributed by atoms with Crippen LogP contribution in [0.2, 0.25) is 5.02 Å². The van der Waals surface area contributed by atoms with Crippen molar-refractivity contribution in [3.05, 3.63) is 47.0 Å². The van der Waals surface area contributed by atoms with E-state index in [-0.39, 0.29) is 6.10 Å². The Bertz CT molecular complexity index is 643. The van der Waals surface area contributed by atoms with Gasteiger partial charge >= 0.3 is 0 Å². The molecule has 1 atom stereocenters. The summed E-state index contributed by atoms with van der Waals surface area (Å²) < 4.78 is 7.93. The highest BCUT2D eigenvalue weighted by atomic mass is 35.5. The van der Waals surface area contributed by atoms with Gasteiger partial charge in [0.25, 0.3) is 0 Å². The standard InChI is InChI=1S/C17H23ClN4O/c1-13(2)9-22-17(19-12-20-22)11-21-6-7-23-16(10-21)14-4-3-5-15(18)8-14/h3-5,8,12-13,16H,6-7,9-11H2,1-2H3. The molecule has 0 saturated carbocycles. The largest absolute Gasteiger partial charge is 0.371 e. The van der Waals surface area contributed by atoms with E-state index in [2.05, 4.69) is 34.9 Å². The minimum Gasteiger partial charge on any atom is -0.371 e. The molecule has 1 aromatic carbocycles. The number of aromatic nitrogens is 3. The maximum absolute atomic E-state index is 6.09. The first-order chi connectivity index (χ1) is 11.1. The summed E-state index contributed by atoms with van der Waals surface area (Å²) >= 11 is 6.09. The Balaban J connectivity index is 1.66. The zero-order chi connectivity index (χ0) is 16.2. The van der Waals surface area contributed by atoms with Crippen molar-refractivity contribution in [1.29, 1.82) is 0 Å². The van der Waals surface area contributed by atoms with E-state index < -0.39 is 0 Å². The molecule has 5 nitrogen and oxygen atoms in total. The molecule has 0 radical (unpaired) electrons. The van der Waals surface area contributed by atoms with Gasteiger partial charge in [0.1, 0.15) is 12.2 Å². The van der Waals surface area contributed by atoms with Gasteiger partial charge in [-0.25, -0.2) is 9.67 Å². The highest BCUT2D eigenvalue weighted by molar-refractivity contribution is 6.30. The number of benzene rings is 1. The molecule has 1 aliphatic heterocycles. The molecule has 3 rings (SSSR count). The van der Waals surface area contributed by atoms with Crippen LogP contribution in [0.5, 0.6) is 0 Å². The van der Waals surface area contributed by atoms with Crippen molar-refractivity contribution in [3.63, 3.8) is 0 Å². The Morgan fingerprint density at radius 3 is 3.04 bits per heavy atom. The van der Waals surface area contributed by atoms with Crippen LogP contribution in [0, 0.1) is 5.92 Å². The number of hydrogen-bond acceptors (Lipinski definition) is 4. The van der Waals surface area contributed by atoms with Crippen LogP contribution in [0.15, 0.2) is 30.6 Å². The fourth-order valence-corrected chi connectivity index (χ4v) is 3.06. The van der Waals surface area contributed by atoms with E-state index in [0.717, 1.165) is 49.2 Å². The molecule has 23 heavy (non-hydrogen) atoms. The van der Waals surface area contributed by atoms with Crippen molar-refractivity contribution in [2.24, 2.45) is 5.92 Å². The zero-order valence-electron chi connectivity index (χ0n) is 13.7. The maximum atomic E-state index is 6.09. The highest BCUT2D eigenvalue weighted by Crippen LogP contribution is 2.25. The van der Waals surface area contributed by atoms with E-state index in [4.69, 9.17) is 16.3 Å². The monoisotopic (exact) mass is 334 g/mol. The molecule has 1 unspecified atom stereocenters. The lowest BCUT2D eigenvalue weighted by atomic mass is 10.1. The van der Waals surface area contributed by atoms with Gasteiger partial charge in [0, 0.05) is 24.7 Å². The molecule has 124 valence electrons. The summed E-state index contributed by atoms with van der Waals surface area (Å²) in [6, 6.07) is 7.91. The summed E-state index contributed by atoms with van der Waals surface area (Å²) in [7, 11) is 0. The van der Waals surface area contributed by atoms with Gasteiger partial charge in [-0.1, -0.05) is 37.6 Å². The molecule has 1 aliphatic rings. The number of nitrogens with zero attached hydrogens (tertiary/aromatic N) is 4. The van der Waals surface area contributed by atoms with Gasteiger partial charge in [0.2, 0.25) is 0 Å². The van der Waals surface area contributed by atoms with Crippen LogP contribution in [0.3, 0.4) is 0 Å². The van der Waals surface area contributed by atoms with Crippen LogP contribution >= 0.6 is 11.6 Å². The molecule has 6 heteroatoms. The van der Waals surface area contributed by atoms with Gasteiger partial charge < -0.3 is 4.74 Å². The van der Waals surface area contributed by atoms with E-state index in [1.165, 1.54) is 0 Å². The molecule has 1 saturated heterocycles. The summed E-state index contributed by atoms with van der Waals surface area (Å²) in [5.41, 5.74) is 1.13. The molecule has 0 amide bonds. The van der Waals surface area contributed by atoms with Crippen LogP contribution in [-0.4, -0.2) is 39.4 Å². The zero-order valence-corrected chi connectivity index (χ0v) is 14.4. The van der Waals surface area contributed by atoms with Gasteiger partial charge in [-0.05, 0) is 23.6 Å². The molecular formula is C17H23ClN4O. The first kappa shape index (κ1) is 16.4. The van der Waals surface area contributed by atoms with E-state index >= 15 is 0 Å². The number of halogens is 1. The highest BCUT2D eigenvalue weighted by Gasteiger charge is 2.23. The molecular weight excluding hydrogens is 312 g/mol. The lowest BCUT2D eigenvalue weighted by molar-refractivity contribution is -0.0340. The first-order valence-corrected chi connectivity index (χ1v) is 8.45. The second-order valence-corrected chi connectivity index (χ2v) is 6.84. The van der Waals surface area contributed by atoms with Crippen LogP contribution in [0.25, 0.3) is 0 Å². The number of morpholine rings is 1. The van der Waals surface area contributed by atoms with Crippen molar-refractivity contribution in [1.82, 2.24) is 19.7 Å². The quantitative estimate of drug-likeness (QED) is 0.842. The number of ether oxygens (including phenoxy) is 1. The summed E-state index contributed by atoms with van der Waals surface area (Å²) in [4.78, 5) is 6.79. The van der Waals surface area contributed by atoms with Gasteiger partial charge in [-0.3, -0.25) is 4.90 Å². The lowest BCUT2D eigenvalue weighted by Crippen LogP contribution is -2.38. The third-order valence-electron chi connectivity index (χ3n) is 3.97. The predicted octanol–water partition coefficient (Wildman–Crippen LogP) is 3.16. The number of hydrogen-bond donors (Lipinski definition) is 0. The fraction of sp³-hybridized carbons (Fsp3) is 0.529. The van der Waals surface area contributed by atoms with Gasteiger partial charge in [-0.2, -0.15) is 5.10 Å². The third kappa shape index (κ3) is 4.31. The molecule has 2 heterocycles. The van der Waals surface area contributed by atoms with E-state index in [1.807, 2.05) is 22.9 Å². The third-order valence-corrected chi connectivity index (χ3v) is 4.20. The molecule has 0 N–H and O–H groups in total. The van der Waals surface area contributed by atoms with Gasteiger partial charge in [0.05, 0.1) is 19.3 Å². The van der Waals surface area contributed by atoms with Crippen LogP contribution < -0.4 is 0 Å². The number of rotatable bonds is 5. The smallest absolute Gasteiger partial charge is 0.141 e. The minimum atomic E-state index is 0.0592. The Labute approximate surface area is 142 Å². The van der Waals surface area contributed by atoms with E-state index in [9.17, 15) is 0 Å². The Morgan fingerprint density at radius 2 is 2.26 bits per heavy atom. The van der Waals surface area contributed by atoms with Crippen molar-refractivity contribution in [3.8, 4) is 0 Å². The Kier molecular flexibility index (Phi) is 5.30. The first-order valence-electron chi connectivity index (χ1n) is 8.08. The molecule has 1 fully saturated rings. The van der Waals surface area contributed by atoms with Crippen LogP contribution in [0.1, 0.15) is 31.3 Å². The van der Waals surface area contributed by atoms with E-state index in [1.54, 1.807) is 6.33 Å². The lowest BCUT2D eigenvalue weighted by Gasteiger charge is -2.33. The Morgan fingerprint density at radius 1 is 1.39 bits per heavy atom. The molecule has 0 spiro atoms. The van der Waals surface area contributed by atoms with Crippen LogP contribution in [0.4, 0.5) is 0 Å². The second kappa shape index (κ2) is 7.43. The van der Waals surface area contributed by atoms with Crippen LogP contribution in [-0.2, 0) is 17.8 Å². The van der Waals surface area contributed by atoms with Crippen molar-refractivity contribution in [2.45, 2.75) is 33.0 Å². The minimum absolute atomic E-state index is 0.0592. The molecule has 2 aromatic rings. The Hall–Kier alpha value is -1.43. The maximum Gasteiger partial charge on any atom is 0.141 e. The van der Waals surface area contributed by atoms with Crippen molar-refractivity contribution < 1.29 is 4.74 Å². The summed E-state index contributed by atoms with van der Waals surface area (Å²) in [6.45, 7) is 8.55. The summed E-state index contributed by atoms with van der Waals surface area (Å²) in [5.74, 6) is 1.57.